The van der Waals surface area contributed by atoms with Gasteiger partial charge in [-0.15, -0.1) is 0 Å². The molecule has 1 fully saturated rings. The number of ether oxygens (including phenoxy) is 3. The van der Waals surface area contributed by atoms with E-state index in [9.17, 15) is 4.79 Å². The molecule has 0 aromatic heterocycles. The molecule has 1 saturated heterocycles. The first kappa shape index (κ1) is 20.6. The van der Waals surface area contributed by atoms with Crippen molar-refractivity contribution in [2.75, 3.05) is 43.8 Å². The molecule has 7 nitrogen and oxygen atoms in total. The van der Waals surface area contributed by atoms with Crippen molar-refractivity contribution in [1.82, 2.24) is 0 Å². The van der Waals surface area contributed by atoms with E-state index in [1.807, 2.05) is 12.1 Å². The molecule has 156 valence electrons. The summed E-state index contributed by atoms with van der Waals surface area (Å²) in [6, 6.07) is 9.34. The number of methoxy groups -OCH3 is 3. The molecule has 0 spiro atoms. The number of piperidine rings is 1. The summed E-state index contributed by atoms with van der Waals surface area (Å²) in [4.78, 5) is 15.1. The van der Waals surface area contributed by atoms with Gasteiger partial charge in [0.1, 0.15) is 0 Å². The van der Waals surface area contributed by atoms with Crippen molar-refractivity contribution in [2.45, 2.75) is 32.2 Å². The van der Waals surface area contributed by atoms with Crippen LogP contribution in [0.4, 0.5) is 17.1 Å². The van der Waals surface area contributed by atoms with Crippen molar-refractivity contribution in [3.8, 4) is 17.2 Å². The van der Waals surface area contributed by atoms with Gasteiger partial charge in [0.2, 0.25) is 5.75 Å². The highest BCUT2D eigenvalue weighted by molar-refractivity contribution is 6.05. The molecule has 7 heteroatoms. The fourth-order valence-corrected chi connectivity index (χ4v) is 3.77. The second kappa shape index (κ2) is 8.94. The lowest BCUT2D eigenvalue weighted by atomic mass is 10.0. The van der Waals surface area contributed by atoms with Crippen LogP contribution in [0.1, 0.15) is 36.5 Å². The molecule has 29 heavy (non-hydrogen) atoms. The normalized spacial score (nSPS) is 16.3. The van der Waals surface area contributed by atoms with Crippen molar-refractivity contribution in [1.29, 1.82) is 0 Å². The lowest BCUT2D eigenvalue weighted by Crippen LogP contribution is -2.37. The number of nitrogens with zero attached hydrogens (tertiary/aromatic N) is 1. The van der Waals surface area contributed by atoms with Crippen molar-refractivity contribution < 1.29 is 19.0 Å². The molecule has 0 radical (unpaired) electrons. The highest BCUT2D eigenvalue weighted by atomic mass is 16.5. The van der Waals surface area contributed by atoms with Crippen LogP contribution in [0.5, 0.6) is 17.2 Å². The number of anilines is 3. The van der Waals surface area contributed by atoms with Crippen LogP contribution in [0, 0.1) is 0 Å². The second-order valence-corrected chi connectivity index (χ2v) is 7.18. The Morgan fingerprint density at radius 3 is 2.31 bits per heavy atom. The third-order valence-electron chi connectivity index (χ3n) is 5.32. The first-order valence-corrected chi connectivity index (χ1v) is 9.76. The molecule has 2 aromatic carbocycles. The molecule has 1 amide bonds. The lowest BCUT2D eigenvalue weighted by Gasteiger charge is -2.36. The molecular formula is C22H29N3O4. The van der Waals surface area contributed by atoms with Gasteiger partial charge in [0.25, 0.3) is 5.91 Å². The van der Waals surface area contributed by atoms with Gasteiger partial charge in [0.15, 0.2) is 11.5 Å². The number of benzene rings is 2. The lowest BCUT2D eigenvalue weighted by molar-refractivity contribution is 0.102. The van der Waals surface area contributed by atoms with Gasteiger partial charge in [-0.05, 0) is 56.5 Å². The third kappa shape index (κ3) is 4.34. The average Bonchev–Trinajstić information content (AvgIpc) is 2.73. The molecule has 1 aliphatic heterocycles. The third-order valence-corrected chi connectivity index (χ3v) is 5.32. The predicted octanol–water partition coefficient (Wildman–Crippen LogP) is 3.93. The molecule has 0 aliphatic carbocycles. The summed E-state index contributed by atoms with van der Waals surface area (Å²) in [6.45, 7) is 3.22. The Kier molecular flexibility index (Phi) is 6.36. The van der Waals surface area contributed by atoms with E-state index in [2.05, 4.69) is 17.1 Å². The number of nitrogen functional groups attached to an aromatic ring is 1. The zero-order valence-corrected chi connectivity index (χ0v) is 17.5. The number of amides is 1. The van der Waals surface area contributed by atoms with Gasteiger partial charge >= 0.3 is 0 Å². The molecule has 2 aromatic rings. The van der Waals surface area contributed by atoms with E-state index in [0.29, 0.717) is 40.2 Å². The molecule has 1 atom stereocenters. The van der Waals surface area contributed by atoms with Crippen molar-refractivity contribution in [3.63, 3.8) is 0 Å². The smallest absolute Gasteiger partial charge is 0.255 e. The number of carbonyl (C=O) groups excluding carboxylic acids is 1. The minimum absolute atomic E-state index is 0.289. The number of rotatable bonds is 6. The van der Waals surface area contributed by atoms with Crippen LogP contribution in [0.25, 0.3) is 0 Å². The Morgan fingerprint density at radius 1 is 1.07 bits per heavy atom. The topological polar surface area (TPSA) is 86.1 Å². The largest absolute Gasteiger partial charge is 0.493 e. The van der Waals surface area contributed by atoms with Gasteiger partial charge in [0, 0.05) is 23.8 Å². The monoisotopic (exact) mass is 399 g/mol. The molecule has 1 aliphatic rings. The minimum atomic E-state index is -0.289. The number of hydrogen-bond donors (Lipinski definition) is 2. The summed E-state index contributed by atoms with van der Waals surface area (Å²) in [5.41, 5.74) is 9.01. The van der Waals surface area contributed by atoms with Crippen LogP contribution >= 0.6 is 0 Å². The maximum absolute atomic E-state index is 12.8. The maximum atomic E-state index is 12.8. The van der Waals surface area contributed by atoms with Crippen molar-refractivity contribution >= 4 is 23.0 Å². The van der Waals surface area contributed by atoms with Crippen molar-refractivity contribution in [2.24, 2.45) is 0 Å². The second-order valence-electron chi connectivity index (χ2n) is 7.18. The van der Waals surface area contributed by atoms with Crippen LogP contribution in [0.3, 0.4) is 0 Å². The Labute approximate surface area is 171 Å². The summed E-state index contributed by atoms with van der Waals surface area (Å²) >= 11 is 0. The average molecular weight is 399 g/mol. The quantitative estimate of drug-likeness (QED) is 0.716. The number of nitrogens with one attached hydrogen (secondary N) is 1. The van der Waals surface area contributed by atoms with Gasteiger partial charge in [-0.2, -0.15) is 0 Å². The van der Waals surface area contributed by atoms with E-state index in [1.165, 1.54) is 40.6 Å². The highest BCUT2D eigenvalue weighted by Gasteiger charge is 2.21. The van der Waals surface area contributed by atoms with E-state index >= 15 is 0 Å². The first-order valence-electron chi connectivity index (χ1n) is 9.76. The predicted molar refractivity (Wildman–Crippen MR) is 116 cm³/mol. The Bertz CT molecular complexity index is 859. The van der Waals surface area contributed by atoms with Gasteiger partial charge in [-0.25, -0.2) is 0 Å². The Morgan fingerprint density at radius 2 is 1.76 bits per heavy atom. The van der Waals surface area contributed by atoms with E-state index in [-0.39, 0.29) is 5.91 Å². The zero-order valence-electron chi connectivity index (χ0n) is 17.5. The molecular weight excluding hydrogens is 370 g/mol. The van der Waals surface area contributed by atoms with Crippen molar-refractivity contribution in [3.05, 3.63) is 35.9 Å². The van der Waals surface area contributed by atoms with E-state index in [4.69, 9.17) is 19.9 Å². The van der Waals surface area contributed by atoms with Crippen LogP contribution in [-0.2, 0) is 0 Å². The number of carbonyl (C=O) groups is 1. The van der Waals surface area contributed by atoms with Gasteiger partial charge in [0.05, 0.1) is 32.7 Å². The minimum Gasteiger partial charge on any atom is -0.493 e. The number of hydrogen-bond acceptors (Lipinski definition) is 6. The van der Waals surface area contributed by atoms with Crippen LogP contribution < -0.4 is 30.2 Å². The molecule has 3 N–H and O–H groups in total. The summed E-state index contributed by atoms with van der Waals surface area (Å²) in [5, 5.41) is 2.89. The fourth-order valence-electron chi connectivity index (χ4n) is 3.77. The molecule has 1 heterocycles. The van der Waals surface area contributed by atoms with E-state index in [1.54, 1.807) is 18.2 Å². The van der Waals surface area contributed by atoms with E-state index in [0.717, 1.165) is 12.2 Å². The van der Waals surface area contributed by atoms with E-state index < -0.39 is 0 Å². The van der Waals surface area contributed by atoms with Crippen LogP contribution in [-0.4, -0.2) is 39.8 Å². The fraction of sp³-hybridized carbons (Fsp3) is 0.409. The van der Waals surface area contributed by atoms with Gasteiger partial charge in [-0.3, -0.25) is 4.79 Å². The standard InChI is InChI=1S/C22H29N3O4/c1-14-7-5-6-10-25(14)18-9-8-16(13-17(18)23)24-22(26)15-11-19(27-2)21(29-4)20(12-15)28-3/h8-9,11-14H,5-7,10,23H2,1-4H3,(H,24,26)/t14-/m0/s1. The Balaban J connectivity index is 1.81. The first-order chi connectivity index (χ1) is 14.0. The molecule has 0 unspecified atom stereocenters. The summed E-state index contributed by atoms with van der Waals surface area (Å²) in [7, 11) is 4.55. The SMILES string of the molecule is COc1cc(C(=O)Nc2ccc(N3CCCC[C@@H]3C)c(N)c2)cc(OC)c1OC. The van der Waals surface area contributed by atoms with Gasteiger partial charge in [-0.1, -0.05) is 0 Å². The number of nitrogens with two attached hydrogens (primary N) is 1. The molecule has 3 rings (SSSR count). The van der Waals surface area contributed by atoms with Crippen LogP contribution in [0.2, 0.25) is 0 Å². The van der Waals surface area contributed by atoms with Gasteiger partial charge < -0.3 is 30.2 Å². The zero-order chi connectivity index (χ0) is 21.0. The summed E-state index contributed by atoms with van der Waals surface area (Å²) in [6.07, 6.45) is 3.59. The maximum Gasteiger partial charge on any atom is 0.255 e. The molecule has 0 saturated carbocycles. The van der Waals surface area contributed by atoms with Crippen LogP contribution in [0.15, 0.2) is 30.3 Å². The Hall–Kier alpha value is -3.09. The summed E-state index contributed by atoms with van der Waals surface area (Å²) < 4.78 is 15.9. The summed E-state index contributed by atoms with van der Waals surface area (Å²) in [5.74, 6) is 0.996. The molecule has 0 bridgehead atoms. The highest BCUT2D eigenvalue weighted by Crippen LogP contribution is 2.38.